The number of rotatable bonds is 10. The third-order valence-corrected chi connectivity index (χ3v) is 6.28. The van der Waals surface area contributed by atoms with Gasteiger partial charge in [-0.3, -0.25) is 14.6 Å². The van der Waals surface area contributed by atoms with Gasteiger partial charge in [0, 0.05) is 43.3 Å². The zero-order valence-corrected chi connectivity index (χ0v) is 24.7. The molecule has 11 nitrogen and oxygen atoms in total. The van der Waals surface area contributed by atoms with Gasteiger partial charge >= 0.3 is 0 Å². The van der Waals surface area contributed by atoms with Crippen LogP contribution in [0.25, 0.3) is 5.65 Å². The van der Waals surface area contributed by atoms with Crippen LogP contribution in [0.4, 0.5) is 0 Å². The second-order valence-corrected chi connectivity index (χ2v) is 10.0. The van der Waals surface area contributed by atoms with Crippen molar-refractivity contribution in [1.82, 2.24) is 24.7 Å². The van der Waals surface area contributed by atoms with Gasteiger partial charge in [-0.05, 0) is 43.9 Å². The van der Waals surface area contributed by atoms with E-state index in [4.69, 9.17) is 14.6 Å². The first-order chi connectivity index (χ1) is 18.0. The monoisotopic (exact) mass is 562 g/mol. The first-order valence-corrected chi connectivity index (χ1v) is 12.7. The number of fused-ring (bicyclic) bond motifs is 1. The number of methoxy groups -OCH3 is 1. The Hall–Kier alpha value is -3.44. The average molecular weight is 563 g/mol. The number of hydrogen-bond donors (Lipinski definition) is 2. The Morgan fingerprint density at radius 2 is 1.85 bits per heavy atom. The number of amides is 1. The minimum atomic E-state index is -0.328. The van der Waals surface area contributed by atoms with E-state index in [0.717, 1.165) is 11.1 Å². The molecule has 0 atom stereocenters. The van der Waals surface area contributed by atoms with Gasteiger partial charge < -0.3 is 19.9 Å². The molecule has 0 saturated heterocycles. The predicted molar refractivity (Wildman–Crippen MR) is 150 cm³/mol. The van der Waals surface area contributed by atoms with Crippen LogP contribution in [0.1, 0.15) is 71.7 Å². The summed E-state index contributed by atoms with van der Waals surface area (Å²) in [6.07, 6.45) is 0.453. The molecule has 39 heavy (non-hydrogen) atoms. The van der Waals surface area contributed by atoms with Crippen molar-refractivity contribution in [3.63, 3.8) is 0 Å². The number of aliphatic hydroxyl groups is 1. The van der Waals surface area contributed by atoms with Crippen LogP contribution in [-0.2, 0) is 12.0 Å². The molecule has 1 aromatic carbocycles. The number of ketones is 1. The summed E-state index contributed by atoms with van der Waals surface area (Å²) in [4.78, 5) is 30.5. The largest absolute Gasteiger partial charge is 0.493 e. The molecule has 0 aliphatic carbocycles. The van der Waals surface area contributed by atoms with Crippen LogP contribution in [0.3, 0.4) is 0 Å². The maximum Gasteiger partial charge on any atom is 0.272 e. The van der Waals surface area contributed by atoms with Crippen LogP contribution >= 0.6 is 12.4 Å². The number of ether oxygens (including phenoxy) is 2. The molecule has 0 saturated carbocycles. The maximum absolute atomic E-state index is 13.6. The Kier molecular flexibility index (Phi) is 10.7. The zero-order valence-electron chi connectivity index (χ0n) is 23.9. The molecule has 2 N–H and O–H groups in total. The molecular weight excluding hydrogens is 524 g/mol. The number of nitrogens with one attached hydrogen (secondary N) is 1. The summed E-state index contributed by atoms with van der Waals surface area (Å²) < 4.78 is 14.5. The molecule has 0 fully saturated rings. The number of Topliss-reactive ketones (excluding diaryl/α,β-unsaturated/α-hetero) is 1. The van der Waals surface area contributed by atoms with E-state index in [1.165, 1.54) is 9.20 Å². The molecule has 0 radical (unpaired) electrons. The lowest BCUT2D eigenvalue weighted by molar-refractivity contribution is 0.0944. The number of hydrogen-bond acceptors (Lipinski definition) is 8. The van der Waals surface area contributed by atoms with E-state index < -0.39 is 0 Å². The van der Waals surface area contributed by atoms with Crippen LogP contribution in [-0.4, -0.2) is 70.1 Å². The molecule has 214 valence electrons. The Morgan fingerprint density at radius 3 is 2.41 bits per heavy atom. The van der Waals surface area contributed by atoms with E-state index in [2.05, 4.69) is 20.5 Å². The van der Waals surface area contributed by atoms with Crippen LogP contribution in [0.2, 0.25) is 0 Å². The first-order valence-electron chi connectivity index (χ1n) is 12.7. The lowest BCUT2D eigenvalue weighted by Crippen LogP contribution is -2.30. The summed E-state index contributed by atoms with van der Waals surface area (Å²) in [5, 5.41) is 21.1. The molecule has 2 heterocycles. The van der Waals surface area contributed by atoms with E-state index in [1.807, 2.05) is 47.6 Å². The van der Waals surface area contributed by atoms with Gasteiger partial charge in [0.05, 0.1) is 13.7 Å². The van der Waals surface area contributed by atoms with Crippen molar-refractivity contribution < 1.29 is 24.2 Å². The summed E-state index contributed by atoms with van der Waals surface area (Å²) in [5.74, 6) is 0.512. The molecule has 1 amide bonds. The summed E-state index contributed by atoms with van der Waals surface area (Å²) in [7, 11) is 3.16. The highest BCUT2D eigenvalue weighted by Crippen LogP contribution is 2.40. The number of aromatic nitrogens is 4. The lowest BCUT2D eigenvalue weighted by atomic mass is 9.84. The summed E-state index contributed by atoms with van der Waals surface area (Å²) in [6, 6.07) is 3.48. The molecule has 0 bridgehead atoms. The van der Waals surface area contributed by atoms with Gasteiger partial charge in [0.1, 0.15) is 6.54 Å². The molecular formula is C27H39ClN6O5. The Morgan fingerprint density at radius 1 is 1.15 bits per heavy atom. The van der Waals surface area contributed by atoms with E-state index in [-0.39, 0.29) is 55.0 Å². The maximum atomic E-state index is 13.6. The third kappa shape index (κ3) is 6.59. The number of benzene rings is 1. The van der Waals surface area contributed by atoms with Crippen molar-refractivity contribution in [2.45, 2.75) is 59.9 Å². The average Bonchev–Trinajstić information content (AvgIpc) is 3.22. The Bertz CT molecular complexity index is 1420. The zero-order chi connectivity index (χ0) is 28.2. The molecule has 3 rings (SSSR count). The SMILES string of the molecule is CCNC(=O)c1nn2c(=NC)n(CC(=O)c3cc(OCCCO)c(OC)c(C(C)(C)C)c3)nc2c(C)c1C.Cl. The number of halogens is 1. The predicted octanol–water partition coefficient (Wildman–Crippen LogP) is 2.80. The highest BCUT2D eigenvalue weighted by Gasteiger charge is 2.26. The highest BCUT2D eigenvalue weighted by molar-refractivity contribution is 5.97. The van der Waals surface area contributed by atoms with Crippen LogP contribution in [0, 0.1) is 13.8 Å². The van der Waals surface area contributed by atoms with Crippen molar-refractivity contribution in [2.75, 3.05) is 33.9 Å². The van der Waals surface area contributed by atoms with Crippen LogP contribution < -0.4 is 20.4 Å². The molecule has 2 aromatic heterocycles. The quantitative estimate of drug-likeness (QED) is 0.287. The molecule has 0 unspecified atom stereocenters. The minimum absolute atomic E-state index is 0. The number of nitrogens with zero attached hydrogens (tertiary/aromatic N) is 5. The van der Waals surface area contributed by atoms with Crippen molar-refractivity contribution in [3.05, 3.63) is 45.7 Å². The molecule has 0 spiro atoms. The fraction of sp³-hybridized carbons (Fsp3) is 0.519. The van der Waals surface area contributed by atoms with Gasteiger partial charge in [-0.15, -0.1) is 17.5 Å². The molecule has 0 aliphatic rings. The fourth-order valence-corrected chi connectivity index (χ4v) is 4.14. The van der Waals surface area contributed by atoms with Crippen molar-refractivity contribution in [3.8, 4) is 11.5 Å². The highest BCUT2D eigenvalue weighted by atomic mass is 35.5. The number of carbonyl (C=O) groups is 2. The van der Waals surface area contributed by atoms with E-state index >= 15 is 0 Å². The summed E-state index contributed by atoms with van der Waals surface area (Å²) >= 11 is 0. The van der Waals surface area contributed by atoms with Crippen molar-refractivity contribution in [1.29, 1.82) is 0 Å². The topological polar surface area (TPSA) is 132 Å². The number of carbonyl (C=O) groups excluding carboxylic acids is 2. The normalized spacial score (nSPS) is 11.9. The Labute approximate surface area is 234 Å². The smallest absolute Gasteiger partial charge is 0.272 e. The minimum Gasteiger partial charge on any atom is -0.493 e. The van der Waals surface area contributed by atoms with Crippen LogP contribution in [0.15, 0.2) is 17.1 Å². The third-order valence-electron chi connectivity index (χ3n) is 6.28. The van der Waals surface area contributed by atoms with Gasteiger partial charge in [-0.1, -0.05) is 20.8 Å². The molecule has 0 aliphatic heterocycles. The van der Waals surface area contributed by atoms with Gasteiger partial charge in [-0.25, -0.2) is 4.68 Å². The number of aryl methyl sites for hydroxylation is 1. The summed E-state index contributed by atoms with van der Waals surface area (Å²) in [5.41, 5.74) is 3.56. The van der Waals surface area contributed by atoms with Gasteiger partial charge in [0.15, 0.2) is 28.6 Å². The van der Waals surface area contributed by atoms with Crippen molar-refractivity contribution >= 4 is 29.7 Å². The van der Waals surface area contributed by atoms with E-state index in [9.17, 15) is 9.59 Å². The fourth-order valence-electron chi connectivity index (χ4n) is 4.14. The van der Waals surface area contributed by atoms with E-state index in [1.54, 1.807) is 20.2 Å². The van der Waals surface area contributed by atoms with Gasteiger partial charge in [0.2, 0.25) is 5.62 Å². The second-order valence-electron chi connectivity index (χ2n) is 10.0. The number of aliphatic hydroxyl groups excluding tert-OH is 1. The van der Waals surface area contributed by atoms with Crippen molar-refractivity contribution in [2.24, 2.45) is 4.99 Å². The van der Waals surface area contributed by atoms with Crippen LogP contribution in [0.5, 0.6) is 11.5 Å². The second kappa shape index (κ2) is 13.1. The van der Waals surface area contributed by atoms with E-state index in [0.29, 0.717) is 46.9 Å². The summed E-state index contributed by atoms with van der Waals surface area (Å²) in [6.45, 7) is 12.3. The first kappa shape index (κ1) is 31.8. The Balaban J connectivity index is 0.00000533. The van der Waals surface area contributed by atoms with Gasteiger partial charge in [-0.2, -0.15) is 9.61 Å². The lowest BCUT2D eigenvalue weighted by Gasteiger charge is -2.25. The standard InChI is InChI=1S/C27H38N6O5.ClH/c1-9-29-25(36)22-16(2)17(3)24-31-32(26(28-7)33(24)30-22)15-20(35)18-13-19(27(4,5)6)23(37-8)21(14-18)38-12-10-11-34;/h13-14,34H,9-12,15H2,1-8H3,(H,29,36);1H. The van der Waals surface area contributed by atoms with Gasteiger partial charge in [0.25, 0.3) is 5.91 Å². The molecule has 3 aromatic rings. The molecule has 12 heteroatoms.